The summed E-state index contributed by atoms with van der Waals surface area (Å²) in [6.45, 7) is 2.39. The Morgan fingerprint density at radius 2 is 1.95 bits per heavy atom. The Bertz CT molecular complexity index is 583. The lowest BCUT2D eigenvalue weighted by molar-refractivity contribution is 0.307. The average molecular weight is 275 g/mol. The summed E-state index contributed by atoms with van der Waals surface area (Å²) in [5, 5.41) is 0.760. The first kappa shape index (κ1) is 12.2. The molecule has 1 heterocycles. The number of halogens is 1. The molecule has 2 aromatic rings. The lowest BCUT2D eigenvalue weighted by atomic mass is 10.1. The number of nitrogens with two attached hydrogens (primary N) is 1. The highest BCUT2D eigenvalue weighted by molar-refractivity contribution is 6.30. The zero-order chi connectivity index (χ0) is 13.2. The van der Waals surface area contributed by atoms with Crippen molar-refractivity contribution in [1.29, 1.82) is 0 Å². The highest BCUT2D eigenvalue weighted by atomic mass is 35.5. The first-order valence-corrected chi connectivity index (χ1v) is 6.62. The van der Waals surface area contributed by atoms with Crippen LogP contribution < -0.4 is 15.4 Å². The highest BCUT2D eigenvalue weighted by Crippen LogP contribution is 2.34. The van der Waals surface area contributed by atoms with Gasteiger partial charge in [-0.3, -0.25) is 0 Å². The number of nitrogens with zero attached hydrogens (tertiary/aromatic N) is 1. The first-order chi connectivity index (χ1) is 9.22. The van der Waals surface area contributed by atoms with Crippen molar-refractivity contribution in [3.05, 3.63) is 53.1 Å². The zero-order valence-electron chi connectivity index (χ0n) is 10.5. The second-order valence-electron chi connectivity index (χ2n) is 4.62. The highest BCUT2D eigenvalue weighted by Gasteiger charge is 2.18. The number of hydrogen-bond acceptors (Lipinski definition) is 3. The monoisotopic (exact) mass is 274 g/mol. The van der Waals surface area contributed by atoms with E-state index in [0.29, 0.717) is 6.61 Å². The zero-order valence-corrected chi connectivity index (χ0v) is 11.2. The van der Waals surface area contributed by atoms with E-state index in [4.69, 9.17) is 22.1 Å². The standard InChI is InChI=1S/C15H15ClN2O/c16-12-3-1-11(2-4-12)10-18-7-8-19-15-6-5-13(17)9-14(15)18/h1-6,9H,7-8,10,17H2. The maximum absolute atomic E-state index is 5.91. The van der Waals surface area contributed by atoms with Crippen molar-refractivity contribution in [2.45, 2.75) is 6.54 Å². The third-order valence-corrected chi connectivity index (χ3v) is 3.48. The van der Waals surface area contributed by atoms with Crippen LogP contribution in [0.5, 0.6) is 5.75 Å². The van der Waals surface area contributed by atoms with Crippen LogP contribution in [0.25, 0.3) is 0 Å². The molecule has 0 bridgehead atoms. The third kappa shape index (κ3) is 2.61. The Morgan fingerprint density at radius 1 is 1.16 bits per heavy atom. The molecule has 3 nitrogen and oxygen atoms in total. The van der Waals surface area contributed by atoms with Gasteiger partial charge < -0.3 is 15.4 Å². The van der Waals surface area contributed by atoms with Gasteiger partial charge in [-0.15, -0.1) is 0 Å². The van der Waals surface area contributed by atoms with Crippen LogP contribution in [0.15, 0.2) is 42.5 Å². The van der Waals surface area contributed by atoms with Crippen LogP contribution in [0.4, 0.5) is 11.4 Å². The van der Waals surface area contributed by atoms with E-state index in [1.807, 2.05) is 42.5 Å². The number of anilines is 2. The van der Waals surface area contributed by atoms with Crippen LogP contribution in [0.2, 0.25) is 5.02 Å². The molecule has 0 aliphatic carbocycles. The summed E-state index contributed by atoms with van der Waals surface area (Å²) >= 11 is 5.91. The van der Waals surface area contributed by atoms with Gasteiger partial charge in [-0.25, -0.2) is 0 Å². The van der Waals surface area contributed by atoms with Crippen molar-refractivity contribution in [2.24, 2.45) is 0 Å². The maximum atomic E-state index is 5.91. The van der Waals surface area contributed by atoms with Crippen molar-refractivity contribution in [2.75, 3.05) is 23.8 Å². The molecule has 0 spiro atoms. The van der Waals surface area contributed by atoms with E-state index >= 15 is 0 Å². The van der Waals surface area contributed by atoms with Crippen LogP contribution in [-0.4, -0.2) is 13.2 Å². The fourth-order valence-electron chi connectivity index (χ4n) is 2.26. The number of nitrogen functional groups attached to an aromatic ring is 1. The molecule has 1 aliphatic heterocycles. The lowest BCUT2D eigenvalue weighted by Gasteiger charge is -2.31. The second kappa shape index (κ2) is 5.02. The van der Waals surface area contributed by atoms with E-state index in [2.05, 4.69) is 4.90 Å². The third-order valence-electron chi connectivity index (χ3n) is 3.23. The molecule has 3 rings (SSSR count). The molecule has 0 radical (unpaired) electrons. The summed E-state index contributed by atoms with van der Waals surface area (Å²) in [6, 6.07) is 13.7. The molecular formula is C15H15ClN2O. The number of hydrogen-bond donors (Lipinski definition) is 1. The molecule has 1 aliphatic rings. The van der Waals surface area contributed by atoms with Gasteiger partial charge >= 0.3 is 0 Å². The molecule has 2 aromatic carbocycles. The Kier molecular flexibility index (Phi) is 3.22. The predicted molar refractivity (Wildman–Crippen MR) is 78.9 cm³/mol. The summed E-state index contributed by atoms with van der Waals surface area (Å²) in [6.07, 6.45) is 0. The van der Waals surface area contributed by atoms with Crippen LogP contribution in [0, 0.1) is 0 Å². The van der Waals surface area contributed by atoms with E-state index in [9.17, 15) is 0 Å². The van der Waals surface area contributed by atoms with Gasteiger partial charge in [-0.1, -0.05) is 23.7 Å². The van der Waals surface area contributed by atoms with Gasteiger partial charge in [0, 0.05) is 17.3 Å². The van der Waals surface area contributed by atoms with E-state index in [-0.39, 0.29) is 0 Å². The minimum Gasteiger partial charge on any atom is -0.490 e. The minimum atomic E-state index is 0.699. The molecule has 19 heavy (non-hydrogen) atoms. The quantitative estimate of drug-likeness (QED) is 0.854. The molecule has 0 aromatic heterocycles. The van der Waals surface area contributed by atoms with Crippen molar-refractivity contribution in [1.82, 2.24) is 0 Å². The number of ether oxygens (including phenoxy) is 1. The number of fused-ring (bicyclic) bond motifs is 1. The molecule has 0 fully saturated rings. The van der Waals surface area contributed by atoms with Gasteiger partial charge in [-0.05, 0) is 35.9 Å². The Hall–Kier alpha value is -1.87. The molecule has 0 amide bonds. The summed E-state index contributed by atoms with van der Waals surface area (Å²) in [5.41, 5.74) is 8.89. The van der Waals surface area contributed by atoms with Gasteiger partial charge in [0.2, 0.25) is 0 Å². The Morgan fingerprint density at radius 3 is 2.74 bits per heavy atom. The lowest BCUT2D eigenvalue weighted by Crippen LogP contribution is -2.32. The maximum Gasteiger partial charge on any atom is 0.142 e. The largest absolute Gasteiger partial charge is 0.490 e. The summed E-state index contributed by atoms with van der Waals surface area (Å²) in [5.74, 6) is 0.898. The Balaban J connectivity index is 1.87. The van der Waals surface area contributed by atoms with Crippen LogP contribution in [0.3, 0.4) is 0 Å². The average Bonchev–Trinajstić information content (AvgIpc) is 2.42. The molecule has 2 N–H and O–H groups in total. The van der Waals surface area contributed by atoms with E-state index in [0.717, 1.165) is 35.2 Å². The van der Waals surface area contributed by atoms with Gasteiger partial charge in [0.25, 0.3) is 0 Å². The van der Waals surface area contributed by atoms with E-state index < -0.39 is 0 Å². The fourth-order valence-corrected chi connectivity index (χ4v) is 2.39. The smallest absolute Gasteiger partial charge is 0.142 e. The van der Waals surface area contributed by atoms with Gasteiger partial charge in [0.05, 0.1) is 12.2 Å². The van der Waals surface area contributed by atoms with Gasteiger partial charge in [0.15, 0.2) is 0 Å². The fraction of sp³-hybridized carbons (Fsp3) is 0.200. The molecule has 0 unspecified atom stereocenters. The first-order valence-electron chi connectivity index (χ1n) is 6.24. The van der Waals surface area contributed by atoms with Gasteiger partial charge in [0.1, 0.15) is 12.4 Å². The summed E-state index contributed by atoms with van der Waals surface area (Å²) < 4.78 is 5.65. The topological polar surface area (TPSA) is 38.5 Å². The van der Waals surface area contributed by atoms with Crippen molar-refractivity contribution < 1.29 is 4.74 Å². The van der Waals surface area contributed by atoms with Crippen molar-refractivity contribution in [3.63, 3.8) is 0 Å². The Labute approximate surface area is 117 Å². The molecule has 0 atom stereocenters. The molecule has 0 saturated carbocycles. The van der Waals surface area contributed by atoms with Crippen molar-refractivity contribution >= 4 is 23.0 Å². The number of rotatable bonds is 2. The van der Waals surface area contributed by atoms with Gasteiger partial charge in [-0.2, -0.15) is 0 Å². The molecular weight excluding hydrogens is 260 g/mol. The van der Waals surface area contributed by atoms with Crippen LogP contribution >= 0.6 is 11.6 Å². The normalized spacial score (nSPS) is 13.8. The minimum absolute atomic E-state index is 0.699. The summed E-state index contributed by atoms with van der Waals surface area (Å²) in [7, 11) is 0. The molecule has 0 saturated heterocycles. The number of benzene rings is 2. The second-order valence-corrected chi connectivity index (χ2v) is 5.06. The van der Waals surface area contributed by atoms with E-state index in [1.165, 1.54) is 5.56 Å². The molecule has 4 heteroatoms. The van der Waals surface area contributed by atoms with Crippen LogP contribution in [-0.2, 0) is 6.54 Å². The summed E-state index contributed by atoms with van der Waals surface area (Å²) in [4.78, 5) is 2.28. The van der Waals surface area contributed by atoms with Crippen LogP contribution in [0.1, 0.15) is 5.56 Å². The van der Waals surface area contributed by atoms with E-state index in [1.54, 1.807) is 0 Å². The molecule has 98 valence electrons. The van der Waals surface area contributed by atoms with Crippen molar-refractivity contribution in [3.8, 4) is 5.75 Å². The predicted octanol–water partition coefficient (Wildman–Crippen LogP) is 3.32. The SMILES string of the molecule is Nc1ccc2c(c1)N(Cc1ccc(Cl)cc1)CCO2.